The van der Waals surface area contributed by atoms with Crippen molar-refractivity contribution >= 4 is 5.91 Å². The Morgan fingerprint density at radius 1 is 1.09 bits per heavy atom. The summed E-state index contributed by atoms with van der Waals surface area (Å²) >= 11 is 0. The van der Waals surface area contributed by atoms with Gasteiger partial charge in [0.05, 0.1) is 6.61 Å². The first kappa shape index (κ1) is 19.4. The predicted octanol–water partition coefficient (Wildman–Crippen LogP) is 0.652. The number of amides is 1. The average Bonchev–Trinajstić information content (AvgIpc) is 2.48. The van der Waals surface area contributed by atoms with Crippen LogP contribution in [0.5, 0.6) is 5.75 Å². The zero-order chi connectivity index (χ0) is 17.1. The monoisotopic (exact) mass is 323 g/mol. The molecule has 0 bridgehead atoms. The van der Waals surface area contributed by atoms with Gasteiger partial charge in [-0.1, -0.05) is 12.1 Å². The lowest BCUT2D eigenvalue weighted by molar-refractivity contribution is -0.124. The summed E-state index contributed by atoms with van der Waals surface area (Å²) < 4.78 is 5.47. The van der Waals surface area contributed by atoms with Crippen LogP contribution in [-0.2, 0) is 11.3 Å². The molecule has 0 saturated carbocycles. The Labute approximate surface area is 138 Å². The van der Waals surface area contributed by atoms with Crippen molar-refractivity contribution in [2.24, 2.45) is 0 Å². The van der Waals surface area contributed by atoms with E-state index in [9.17, 15) is 4.79 Å². The molecule has 1 amide bonds. The molecule has 0 aliphatic carbocycles. The predicted molar refractivity (Wildman–Crippen MR) is 91.5 cm³/mol. The van der Waals surface area contributed by atoms with Gasteiger partial charge in [-0.25, -0.2) is 0 Å². The molecule has 0 fully saturated rings. The molecule has 0 aliphatic rings. The summed E-state index contributed by atoms with van der Waals surface area (Å²) in [5.74, 6) is 0.557. The number of rotatable bonds is 10. The highest BCUT2D eigenvalue weighted by Gasteiger charge is 2.13. The second kappa shape index (κ2) is 10.2. The molecule has 0 saturated heterocycles. The SMILES string of the molecule is CC(C)(C)NC(=O)COc1ccc(CNCCNCCO)cc1. The van der Waals surface area contributed by atoms with E-state index in [0.29, 0.717) is 12.3 Å². The van der Waals surface area contributed by atoms with Crippen LogP contribution in [0.25, 0.3) is 0 Å². The number of ether oxygens (including phenoxy) is 1. The van der Waals surface area contributed by atoms with E-state index in [1.165, 1.54) is 0 Å². The maximum absolute atomic E-state index is 11.7. The number of aliphatic hydroxyl groups excluding tert-OH is 1. The van der Waals surface area contributed by atoms with Crippen LogP contribution >= 0.6 is 0 Å². The van der Waals surface area contributed by atoms with E-state index < -0.39 is 0 Å². The summed E-state index contributed by atoms with van der Waals surface area (Å²) in [6.45, 7) is 9.04. The summed E-state index contributed by atoms with van der Waals surface area (Å²) in [5.41, 5.74) is 0.904. The first-order valence-corrected chi connectivity index (χ1v) is 7.96. The summed E-state index contributed by atoms with van der Waals surface area (Å²) in [7, 11) is 0. The van der Waals surface area contributed by atoms with Gasteiger partial charge in [0.2, 0.25) is 0 Å². The minimum Gasteiger partial charge on any atom is -0.484 e. The van der Waals surface area contributed by atoms with E-state index in [1.54, 1.807) is 0 Å². The van der Waals surface area contributed by atoms with Gasteiger partial charge in [-0.15, -0.1) is 0 Å². The summed E-state index contributed by atoms with van der Waals surface area (Å²) in [6, 6.07) is 7.69. The number of hydrogen-bond donors (Lipinski definition) is 4. The molecule has 0 radical (unpaired) electrons. The first-order valence-electron chi connectivity index (χ1n) is 7.96. The van der Waals surface area contributed by atoms with E-state index in [1.807, 2.05) is 45.0 Å². The van der Waals surface area contributed by atoms with Crippen molar-refractivity contribution in [2.75, 3.05) is 32.8 Å². The van der Waals surface area contributed by atoms with Gasteiger partial charge in [0, 0.05) is 31.7 Å². The van der Waals surface area contributed by atoms with E-state index in [4.69, 9.17) is 9.84 Å². The Kier molecular flexibility index (Phi) is 8.61. The second-order valence-corrected chi connectivity index (χ2v) is 6.38. The van der Waals surface area contributed by atoms with Gasteiger partial charge in [-0.2, -0.15) is 0 Å². The Balaban J connectivity index is 2.24. The number of benzene rings is 1. The van der Waals surface area contributed by atoms with Gasteiger partial charge in [-0.05, 0) is 38.5 Å². The average molecular weight is 323 g/mol. The summed E-state index contributed by atoms with van der Waals surface area (Å²) in [4.78, 5) is 11.7. The number of aliphatic hydroxyl groups is 1. The molecule has 0 heterocycles. The third-order valence-corrected chi connectivity index (χ3v) is 2.90. The third kappa shape index (κ3) is 9.89. The molecule has 6 heteroatoms. The lowest BCUT2D eigenvalue weighted by Gasteiger charge is -2.20. The fourth-order valence-electron chi connectivity index (χ4n) is 1.92. The van der Waals surface area contributed by atoms with Crippen molar-refractivity contribution in [1.82, 2.24) is 16.0 Å². The highest BCUT2D eigenvalue weighted by Crippen LogP contribution is 2.12. The molecule has 0 aromatic heterocycles. The standard InChI is InChI=1S/C17H29N3O3/c1-17(2,3)20-16(22)13-23-15-6-4-14(5-7-15)12-19-9-8-18-10-11-21/h4-7,18-19,21H,8-13H2,1-3H3,(H,20,22). The maximum Gasteiger partial charge on any atom is 0.258 e. The molecule has 6 nitrogen and oxygen atoms in total. The second-order valence-electron chi connectivity index (χ2n) is 6.38. The van der Waals surface area contributed by atoms with Gasteiger partial charge < -0.3 is 25.8 Å². The molecule has 1 aromatic carbocycles. The molecule has 0 aliphatic heterocycles. The van der Waals surface area contributed by atoms with Crippen molar-refractivity contribution in [3.8, 4) is 5.75 Å². The Morgan fingerprint density at radius 2 is 1.74 bits per heavy atom. The van der Waals surface area contributed by atoms with Crippen LogP contribution in [0.4, 0.5) is 0 Å². The zero-order valence-corrected chi connectivity index (χ0v) is 14.3. The molecular formula is C17H29N3O3. The largest absolute Gasteiger partial charge is 0.484 e. The lowest BCUT2D eigenvalue weighted by Crippen LogP contribution is -2.43. The topological polar surface area (TPSA) is 82.6 Å². The molecule has 130 valence electrons. The van der Waals surface area contributed by atoms with Crippen LogP contribution in [-0.4, -0.2) is 49.4 Å². The van der Waals surface area contributed by atoms with Crippen LogP contribution in [0.1, 0.15) is 26.3 Å². The van der Waals surface area contributed by atoms with Crippen molar-refractivity contribution in [3.05, 3.63) is 29.8 Å². The smallest absolute Gasteiger partial charge is 0.258 e. The highest BCUT2D eigenvalue weighted by atomic mass is 16.5. The van der Waals surface area contributed by atoms with Gasteiger partial charge in [0.25, 0.3) is 5.91 Å². The zero-order valence-electron chi connectivity index (χ0n) is 14.3. The van der Waals surface area contributed by atoms with Crippen molar-refractivity contribution < 1.29 is 14.6 Å². The lowest BCUT2D eigenvalue weighted by atomic mass is 10.1. The van der Waals surface area contributed by atoms with Crippen molar-refractivity contribution in [3.63, 3.8) is 0 Å². The van der Waals surface area contributed by atoms with Gasteiger partial charge >= 0.3 is 0 Å². The molecule has 0 atom stereocenters. The number of nitrogens with one attached hydrogen (secondary N) is 3. The Morgan fingerprint density at radius 3 is 2.35 bits per heavy atom. The molecule has 23 heavy (non-hydrogen) atoms. The minimum atomic E-state index is -0.248. The fourth-order valence-corrected chi connectivity index (χ4v) is 1.92. The van der Waals surface area contributed by atoms with E-state index >= 15 is 0 Å². The quantitative estimate of drug-likeness (QED) is 0.475. The fraction of sp³-hybridized carbons (Fsp3) is 0.588. The normalized spacial score (nSPS) is 11.3. The highest BCUT2D eigenvalue weighted by molar-refractivity contribution is 5.78. The number of hydrogen-bond acceptors (Lipinski definition) is 5. The molecule has 4 N–H and O–H groups in total. The van der Waals surface area contributed by atoms with Crippen LogP contribution < -0.4 is 20.7 Å². The van der Waals surface area contributed by atoms with Gasteiger partial charge in [0.15, 0.2) is 6.61 Å². The van der Waals surface area contributed by atoms with Crippen LogP contribution in [0.15, 0.2) is 24.3 Å². The van der Waals surface area contributed by atoms with Crippen molar-refractivity contribution in [1.29, 1.82) is 0 Å². The van der Waals surface area contributed by atoms with Crippen molar-refractivity contribution in [2.45, 2.75) is 32.9 Å². The van der Waals surface area contributed by atoms with E-state index in [0.717, 1.165) is 25.2 Å². The van der Waals surface area contributed by atoms with Crippen LogP contribution in [0, 0.1) is 0 Å². The number of carbonyl (C=O) groups is 1. The maximum atomic E-state index is 11.7. The molecule has 1 aromatic rings. The molecular weight excluding hydrogens is 294 g/mol. The molecule has 0 unspecified atom stereocenters. The van der Waals surface area contributed by atoms with Crippen LogP contribution in [0.2, 0.25) is 0 Å². The van der Waals surface area contributed by atoms with E-state index in [2.05, 4.69) is 16.0 Å². The van der Waals surface area contributed by atoms with Gasteiger partial charge in [0.1, 0.15) is 5.75 Å². The summed E-state index contributed by atoms with van der Waals surface area (Å²) in [6.07, 6.45) is 0. The Hall–Kier alpha value is -1.63. The minimum absolute atomic E-state index is 0.0192. The van der Waals surface area contributed by atoms with Crippen LogP contribution in [0.3, 0.4) is 0 Å². The van der Waals surface area contributed by atoms with Gasteiger partial charge in [-0.3, -0.25) is 4.79 Å². The number of carbonyl (C=O) groups excluding carboxylic acids is 1. The molecule has 1 rings (SSSR count). The third-order valence-electron chi connectivity index (χ3n) is 2.90. The first-order chi connectivity index (χ1) is 10.9. The van der Waals surface area contributed by atoms with E-state index in [-0.39, 0.29) is 24.7 Å². The molecule has 0 spiro atoms. The summed E-state index contributed by atoms with van der Waals surface area (Å²) in [5, 5.41) is 17.9. The Bertz CT molecular complexity index is 455.